The molecular formula is C10H8N2O. The third-order valence-corrected chi connectivity index (χ3v) is 2.49. The molecular weight excluding hydrogens is 164 g/mol. The molecule has 0 fully saturated rings. The van der Waals surface area contributed by atoms with Crippen molar-refractivity contribution in [3.8, 4) is 0 Å². The Balaban J connectivity index is 2.49. The van der Waals surface area contributed by atoms with Gasteiger partial charge < -0.3 is 10.3 Å². The van der Waals surface area contributed by atoms with Gasteiger partial charge in [-0.3, -0.25) is 4.79 Å². The Labute approximate surface area is 74.8 Å². The summed E-state index contributed by atoms with van der Waals surface area (Å²) in [6.45, 7) is 0.662. The molecule has 1 aliphatic rings. The number of carbonyl (C=O) groups excluding carboxylic acids is 1. The number of nitrogens with one attached hydrogen (secondary N) is 2. The number of carbonyl (C=O) groups is 1. The molecule has 64 valence electrons. The fourth-order valence-electron chi connectivity index (χ4n) is 1.86. The monoisotopic (exact) mass is 172 g/mol. The third-order valence-electron chi connectivity index (χ3n) is 2.49. The number of hydrogen-bond acceptors (Lipinski definition) is 1. The maximum absolute atomic E-state index is 11.5. The lowest BCUT2D eigenvalue weighted by Gasteiger charge is -1.96. The maximum atomic E-state index is 11.5. The number of amides is 1. The van der Waals surface area contributed by atoms with Gasteiger partial charge in [0, 0.05) is 23.6 Å². The van der Waals surface area contributed by atoms with E-state index in [0.717, 1.165) is 22.0 Å². The summed E-state index contributed by atoms with van der Waals surface area (Å²) in [5.74, 6) is 0.0419. The van der Waals surface area contributed by atoms with Crippen LogP contribution in [0.3, 0.4) is 0 Å². The van der Waals surface area contributed by atoms with E-state index in [0.29, 0.717) is 6.54 Å². The lowest BCUT2D eigenvalue weighted by atomic mass is 10.1. The average molecular weight is 172 g/mol. The number of aromatic nitrogens is 1. The van der Waals surface area contributed by atoms with Crippen LogP contribution in [0.5, 0.6) is 0 Å². The molecule has 1 aromatic carbocycles. The van der Waals surface area contributed by atoms with Crippen molar-refractivity contribution in [1.29, 1.82) is 0 Å². The zero-order valence-corrected chi connectivity index (χ0v) is 6.92. The topological polar surface area (TPSA) is 44.9 Å². The molecule has 0 unspecified atom stereocenters. The van der Waals surface area contributed by atoms with Crippen LogP contribution in [0.15, 0.2) is 24.4 Å². The average Bonchev–Trinajstić information content (AvgIpc) is 2.70. The van der Waals surface area contributed by atoms with Crippen LogP contribution in [0, 0.1) is 0 Å². The maximum Gasteiger partial charge on any atom is 0.252 e. The summed E-state index contributed by atoms with van der Waals surface area (Å²) in [4.78, 5) is 14.5. The first-order valence-corrected chi connectivity index (χ1v) is 4.23. The molecule has 0 radical (unpaired) electrons. The Morgan fingerprint density at radius 2 is 2.15 bits per heavy atom. The highest BCUT2D eigenvalue weighted by Gasteiger charge is 2.21. The molecule has 1 amide bonds. The fourth-order valence-corrected chi connectivity index (χ4v) is 1.86. The van der Waals surface area contributed by atoms with Crippen LogP contribution in [0.4, 0.5) is 0 Å². The van der Waals surface area contributed by atoms with Crippen molar-refractivity contribution >= 4 is 16.8 Å². The molecule has 0 saturated heterocycles. The van der Waals surface area contributed by atoms with E-state index in [4.69, 9.17) is 0 Å². The molecule has 2 heterocycles. The Hall–Kier alpha value is -1.77. The summed E-state index contributed by atoms with van der Waals surface area (Å²) in [5.41, 5.74) is 2.95. The number of rotatable bonds is 0. The van der Waals surface area contributed by atoms with Gasteiger partial charge in [0.15, 0.2) is 0 Å². The highest BCUT2D eigenvalue weighted by molar-refractivity contribution is 6.09. The third kappa shape index (κ3) is 0.758. The molecule has 0 saturated carbocycles. The molecule has 1 aromatic heterocycles. The summed E-state index contributed by atoms with van der Waals surface area (Å²) in [6, 6.07) is 5.94. The van der Waals surface area contributed by atoms with E-state index in [-0.39, 0.29) is 5.91 Å². The van der Waals surface area contributed by atoms with Crippen molar-refractivity contribution in [3.63, 3.8) is 0 Å². The van der Waals surface area contributed by atoms with E-state index in [1.807, 2.05) is 24.4 Å². The first-order valence-electron chi connectivity index (χ1n) is 4.23. The van der Waals surface area contributed by atoms with E-state index in [9.17, 15) is 4.79 Å². The van der Waals surface area contributed by atoms with Gasteiger partial charge >= 0.3 is 0 Å². The van der Waals surface area contributed by atoms with Gasteiger partial charge in [0.25, 0.3) is 5.91 Å². The zero-order chi connectivity index (χ0) is 8.84. The van der Waals surface area contributed by atoms with Crippen LogP contribution in [0.25, 0.3) is 10.9 Å². The Morgan fingerprint density at radius 3 is 3.08 bits per heavy atom. The van der Waals surface area contributed by atoms with Crippen molar-refractivity contribution in [1.82, 2.24) is 10.3 Å². The molecule has 2 N–H and O–H groups in total. The van der Waals surface area contributed by atoms with Crippen molar-refractivity contribution < 1.29 is 4.79 Å². The van der Waals surface area contributed by atoms with Crippen LogP contribution in [0.2, 0.25) is 0 Å². The number of fused-ring (bicyclic) bond motifs is 3. The smallest absolute Gasteiger partial charge is 0.252 e. The largest absolute Gasteiger partial charge is 0.361 e. The van der Waals surface area contributed by atoms with Gasteiger partial charge in [-0.2, -0.15) is 0 Å². The summed E-state index contributed by atoms with van der Waals surface area (Å²) < 4.78 is 0. The lowest BCUT2D eigenvalue weighted by Crippen LogP contribution is -2.12. The molecule has 0 atom stereocenters. The molecule has 2 aromatic rings. The van der Waals surface area contributed by atoms with Crippen molar-refractivity contribution in [3.05, 3.63) is 35.5 Å². The quantitative estimate of drug-likeness (QED) is 0.620. The summed E-state index contributed by atoms with van der Waals surface area (Å²) in [5, 5.41) is 3.83. The minimum atomic E-state index is 0.0419. The number of benzene rings is 1. The Morgan fingerprint density at radius 1 is 1.23 bits per heavy atom. The first kappa shape index (κ1) is 6.71. The lowest BCUT2D eigenvalue weighted by molar-refractivity contribution is 0.0967. The van der Waals surface area contributed by atoms with Crippen LogP contribution in [-0.2, 0) is 6.54 Å². The SMILES string of the molecule is O=C1NCc2ccc3[nH]ccc3c21. The molecule has 0 spiro atoms. The van der Waals surface area contributed by atoms with E-state index in [1.54, 1.807) is 0 Å². The summed E-state index contributed by atoms with van der Waals surface area (Å²) in [6.07, 6.45) is 1.86. The van der Waals surface area contributed by atoms with E-state index >= 15 is 0 Å². The molecule has 3 heteroatoms. The van der Waals surface area contributed by atoms with E-state index < -0.39 is 0 Å². The molecule has 0 aliphatic carbocycles. The predicted molar refractivity (Wildman–Crippen MR) is 49.5 cm³/mol. The minimum absolute atomic E-state index is 0.0419. The second-order valence-corrected chi connectivity index (χ2v) is 3.22. The minimum Gasteiger partial charge on any atom is -0.361 e. The number of aromatic amines is 1. The van der Waals surface area contributed by atoms with E-state index in [2.05, 4.69) is 10.3 Å². The zero-order valence-electron chi connectivity index (χ0n) is 6.92. The van der Waals surface area contributed by atoms with Crippen molar-refractivity contribution in [2.24, 2.45) is 0 Å². The van der Waals surface area contributed by atoms with Gasteiger partial charge in [-0.05, 0) is 17.7 Å². The van der Waals surface area contributed by atoms with Gasteiger partial charge in [-0.1, -0.05) is 6.07 Å². The van der Waals surface area contributed by atoms with Crippen LogP contribution >= 0.6 is 0 Å². The molecule has 3 nitrogen and oxygen atoms in total. The van der Waals surface area contributed by atoms with Crippen molar-refractivity contribution in [2.45, 2.75) is 6.54 Å². The predicted octanol–water partition coefficient (Wildman–Crippen LogP) is 1.41. The summed E-state index contributed by atoms with van der Waals surface area (Å²) in [7, 11) is 0. The Bertz CT molecular complexity index is 499. The highest BCUT2D eigenvalue weighted by Crippen LogP contribution is 2.24. The van der Waals surface area contributed by atoms with Crippen molar-refractivity contribution in [2.75, 3.05) is 0 Å². The summed E-state index contributed by atoms with van der Waals surface area (Å²) >= 11 is 0. The van der Waals surface area contributed by atoms with Crippen LogP contribution < -0.4 is 5.32 Å². The first-order chi connectivity index (χ1) is 6.36. The van der Waals surface area contributed by atoms with Gasteiger partial charge in [0.2, 0.25) is 0 Å². The van der Waals surface area contributed by atoms with Gasteiger partial charge in [0.1, 0.15) is 0 Å². The fraction of sp³-hybridized carbons (Fsp3) is 0.100. The van der Waals surface area contributed by atoms with E-state index in [1.165, 1.54) is 0 Å². The van der Waals surface area contributed by atoms with Crippen LogP contribution in [-0.4, -0.2) is 10.9 Å². The number of hydrogen-bond donors (Lipinski definition) is 2. The normalized spacial score (nSPS) is 14.6. The number of H-pyrrole nitrogens is 1. The second-order valence-electron chi connectivity index (χ2n) is 3.22. The highest BCUT2D eigenvalue weighted by atomic mass is 16.1. The molecule has 13 heavy (non-hydrogen) atoms. The Kier molecular flexibility index (Phi) is 1.10. The van der Waals surface area contributed by atoms with Gasteiger partial charge in [-0.15, -0.1) is 0 Å². The molecule has 3 rings (SSSR count). The second kappa shape index (κ2) is 2.13. The van der Waals surface area contributed by atoms with Gasteiger partial charge in [-0.25, -0.2) is 0 Å². The molecule has 1 aliphatic heterocycles. The van der Waals surface area contributed by atoms with Crippen LogP contribution in [0.1, 0.15) is 15.9 Å². The van der Waals surface area contributed by atoms with Gasteiger partial charge in [0.05, 0.1) is 5.56 Å². The standard InChI is InChI=1S/C10H8N2O/c13-10-9-6(5-12-10)1-2-8-7(9)3-4-11-8/h1-4,11H,5H2,(H,12,13). The molecule has 0 bridgehead atoms.